The van der Waals surface area contributed by atoms with Gasteiger partial charge in [-0.15, -0.1) is 0 Å². The van der Waals surface area contributed by atoms with Crippen molar-refractivity contribution < 1.29 is 0 Å². The van der Waals surface area contributed by atoms with E-state index in [-0.39, 0.29) is 5.41 Å². The number of rotatable bonds is 1. The second-order valence-electron chi connectivity index (χ2n) is 4.05. The zero-order valence-electron chi connectivity index (χ0n) is 8.31. The topological polar surface area (TPSA) is 12.0 Å². The van der Waals surface area contributed by atoms with Gasteiger partial charge in [0.25, 0.3) is 0 Å². The molecule has 0 fully saturated rings. The Bertz CT molecular complexity index is 258. The Morgan fingerprint density at radius 3 is 2.08 bits per heavy atom. The molecule has 0 unspecified atom stereocenters. The Morgan fingerprint density at radius 1 is 1.08 bits per heavy atom. The van der Waals surface area contributed by atoms with Gasteiger partial charge in [0.15, 0.2) is 0 Å². The van der Waals surface area contributed by atoms with Gasteiger partial charge in [-0.2, -0.15) is 0 Å². The number of nitrogens with one attached hydrogen (secondary N) is 1. The van der Waals surface area contributed by atoms with E-state index < -0.39 is 0 Å². The van der Waals surface area contributed by atoms with Crippen LogP contribution in [0.4, 0.5) is 5.69 Å². The molecule has 0 aliphatic carbocycles. The van der Waals surface area contributed by atoms with Crippen molar-refractivity contribution in [2.75, 3.05) is 12.4 Å². The number of para-hydroxylation sites is 1. The average molecular weight is 163 g/mol. The Hall–Kier alpha value is -0.980. The largest absolute Gasteiger partial charge is 0.388 e. The zero-order valence-corrected chi connectivity index (χ0v) is 8.31. The molecule has 1 N–H and O–H groups in total. The number of hydrogen-bond donors (Lipinski definition) is 1. The molecule has 0 heterocycles. The molecule has 12 heavy (non-hydrogen) atoms. The van der Waals surface area contributed by atoms with Gasteiger partial charge in [-0.25, -0.2) is 0 Å². The summed E-state index contributed by atoms with van der Waals surface area (Å²) in [6, 6.07) is 8.43. The predicted molar refractivity (Wildman–Crippen MR) is 54.7 cm³/mol. The second-order valence-corrected chi connectivity index (χ2v) is 4.05. The van der Waals surface area contributed by atoms with Crippen molar-refractivity contribution in [3.8, 4) is 0 Å². The molecule has 1 heteroatoms. The molecule has 0 saturated carbocycles. The summed E-state index contributed by atoms with van der Waals surface area (Å²) in [5.41, 5.74) is 2.82. The molecular formula is C11H17N. The number of hydrogen-bond acceptors (Lipinski definition) is 1. The summed E-state index contributed by atoms with van der Waals surface area (Å²) < 4.78 is 0. The van der Waals surface area contributed by atoms with Gasteiger partial charge in [0, 0.05) is 12.7 Å². The highest BCUT2D eigenvalue weighted by atomic mass is 14.8. The first-order valence-corrected chi connectivity index (χ1v) is 4.33. The fourth-order valence-corrected chi connectivity index (χ4v) is 1.36. The number of anilines is 1. The van der Waals surface area contributed by atoms with Gasteiger partial charge >= 0.3 is 0 Å². The van der Waals surface area contributed by atoms with Crippen molar-refractivity contribution in [1.29, 1.82) is 0 Å². The van der Waals surface area contributed by atoms with Crippen LogP contribution in [0.3, 0.4) is 0 Å². The predicted octanol–water partition coefficient (Wildman–Crippen LogP) is 3.03. The lowest BCUT2D eigenvalue weighted by molar-refractivity contribution is 0.592. The minimum absolute atomic E-state index is 0.222. The van der Waals surface area contributed by atoms with Crippen molar-refractivity contribution in [1.82, 2.24) is 0 Å². The molecule has 66 valence electrons. The van der Waals surface area contributed by atoms with Crippen LogP contribution in [0.5, 0.6) is 0 Å². The normalized spacial score (nSPS) is 11.3. The fourth-order valence-electron chi connectivity index (χ4n) is 1.36. The first-order valence-electron chi connectivity index (χ1n) is 4.33. The summed E-state index contributed by atoms with van der Waals surface area (Å²) >= 11 is 0. The first-order chi connectivity index (χ1) is 5.55. The van der Waals surface area contributed by atoms with E-state index in [2.05, 4.69) is 50.4 Å². The molecule has 0 aromatic heterocycles. The van der Waals surface area contributed by atoms with E-state index in [9.17, 15) is 0 Å². The summed E-state index contributed by atoms with van der Waals surface area (Å²) in [6.07, 6.45) is 0. The molecule has 0 radical (unpaired) electrons. The minimum atomic E-state index is 0.222. The van der Waals surface area contributed by atoms with Crippen LogP contribution in [-0.4, -0.2) is 7.05 Å². The van der Waals surface area contributed by atoms with E-state index in [0.717, 1.165) is 0 Å². The molecular weight excluding hydrogens is 146 g/mol. The number of benzene rings is 1. The van der Waals surface area contributed by atoms with Gasteiger partial charge in [0.2, 0.25) is 0 Å². The van der Waals surface area contributed by atoms with Crippen molar-refractivity contribution in [3.05, 3.63) is 29.8 Å². The van der Waals surface area contributed by atoms with Crippen molar-refractivity contribution in [2.24, 2.45) is 0 Å². The summed E-state index contributed by atoms with van der Waals surface area (Å²) in [4.78, 5) is 0. The third kappa shape index (κ3) is 1.79. The molecule has 0 amide bonds. The Labute approximate surface area is 74.8 Å². The van der Waals surface area contributed by atoms with Crippen LogP contribution in [0, 0.1) is 0 Å². The maximum Gasteiger partial charge on any atom is 0.0375 e. The van der Waals surface area contributed by atoms with Gasteiger partial charge in [-0.05, 0) is 17.0 Å². The molecule has 1 nitrogen and oxygen atoms in total. The molecule has 0 saturated heterocycles. The van der Waals surface area contributed by atoms with Crippen LogP contribution in [0.25, 0.3) is 0 Å². The smallest absolute Gasteiger partial charge is 0.0375 e. The minimum Gasteiger partial charge on any atom is -0.388 e. The molecule has 1 aromatic rings. The van der Waals surface area contributed by atoms with Crippen molar-refractivity contribution in [3.63, 3.8) is 0 Å². The quantitative estimate of drug-likeness (QED) is 0.671. The maximum absolute atomic E-state index is 3.20. The van der Waals surface area contributed by atoms with Gasteiger partial charge in [-0.3, -0.25) is 0 Å². The SMILES string of the molecule is CNc1ccccc1C(C)(C)C. The average Bonchev–Trinajstić information content (AvgIpc) is 2.03. The molecule has 0 aliphatic heterocycles. The zero-order chi connectivity index (χ0) is 9.19. The van der Waals surface area contributed by atoms with Gasteiger partial charge in [0.1, 0.15) is 0 Å². The van der Waals surface area contributed by atoms with E-state index in [1.807, 2.05) is 7.05 Å². The molecule has 1 aromatic carbocycles. The maximum atomic E-state index is 3.20. The molecule has 0 aliphatic rings. The summed E-state index contributed by atoms with van der Waals surface area (Å²) in [5, 5.41) is 3.20. The summed E-state index contributed by atoms with van der Waals surface area (Å²) in [5.74, 6) is 0. The molecule has 1 rings (SSSR count). The lowest BCUT2D eigenvalue weighted by atomic mass is 9.86. The highest BCUT2D eigenvalue weighted by molar-refractivity contribution is 5.53. The molecule has 0 spiro atoms. The lowest BCUT2D eigenvalue weighted by Gasteiger charge is -2.22. The Balaban J connectivity index is 3.14. The van der Waals surface area contributed by atoms with Crippen LogP contribution in [0.2, 0.25) is 0 Å². The van der Waals surface area contributed by atoms with E-state index >= 15 is 0 Å². The van der Waals surface area contributed by atoms with E-state index in [1.165, 1.54) is 11.3 Å². The van der Waals surface area contributed by atoms with E-state index in [1.54, 1.807) is 0 Å². The Kier molecular flexibility index (Phi) is 2.41. The third-order valence-corrected chi connectivity index (χ3v) is 2.00. The fraction of sp³-hybridized carbons (Fsp3) is 0.455. The van der Waals surface area contributed by atoms with E-state index in [0.29, 0.717) is 0 Å². The third-order valence-electron chi connectivity index (χ3n) is 2.00. The molecule has 0 atom stereocenters. The highest BCUT2D eigenvalue weighted by Gasteiger charge is 2.16. The first kappa shape index (κ1) is 9.11. The van der Waals surface area contributed by atoms with E-state index in [4.69, 9.17) is 0 Å². The van der Waals surface area contributed by atoms with Crippen LogP contribution in [-0.2, 0) is 5.41 Å². The van der Waals surface area contributed by atoms with Crippen LogP contribution in [0.15, 0.2) is 24.3 Å². The molecule has 0 bridgehead atoms. The lowest BCUT2D eigenvalue weighted by Crippen LogP contribution is -2.13. The summed E-state index contributed by atoms with van der Waals surface area (Å²) in [6.45, 7) is 6.68. The van der Waals surface area contributed by atoms with Crippen LogP contribution in [0.1, 0.15) is 26.3 Å². The second kappa shape index (κ2) is 3.18. The standard InChI is InChI=1S/C11H17N/c1-11(2,3)9-7-5-6-8-10(9)12-4/h5-8,12H,1-4H3. The van der Waals surface area contributed by atoms with Gasteiger partial charge in [0.05, 0.1) is 0 Å². The van der Waals surface area contributed by atoms with Crippen molar-refractivity contribution >= 4 is 5.69 Å². The van der Waals surface area contributed by atoms with Crippen LogP contribution >= 0.6 is 0 Å². The van der Waals surface area contributed by atoms with Crippen LogP contribution < -0.4 is 5.32 Å². The van der Waals surface area contributed by atoms with Crippen molar-refractivity contribution in [2.45, 2.75) is 26.2 Å². The van der Waals surface area contributed by atoms with Gasteiger partial charge in [-0.1, -0.05) is 39.0 Å². The Morgan fingerprint density at radius 2 is 1.67 bits per heavy atom. The summed E-state index contributed by atoms with van der Waals surface area (Å²) in [7, 11) is 1.96. The van der Waals surface area contributed by atoms with Gasteiger partial charge < -0.3 is 5.32 Å². The monoisotopic (exact) mass is 163 g/mol. The highest BCUT2D eigenvalue weighted by Crippen LogP contribution is 2.28.